The van der Waals surface area contributed by atoms with Crippen molar-refractivity contribution in [2.24, 2.45) is 11.8 Å². The van der Waals surface area contributed by atoms with Crippen molar-refractivity contribution in [1.29, 1.82) is 0 Å². The quantitative estimate of drug-likeness (QED) is 0.844. The number of carboxylic acid groups (broad SMARTS) is 1. The first-order valence-electron chi connectivity index (χ1n) is 8.07. The van der Waals surface area contributed by atoms with Gasteiger partial charge in [0, 0.05) is 31.7 Å². The van der Waals surface area contributed by atoms with Crippen LogP contribution in [0.5, 0.6) is 0 Å². The molecule has 0 radical (unpaired) electrons. The average Bonchev–Trinajstić information content (AvgIpc) is 2.45. The summed E-state index contributed by atoms with van der Waals surface area (Å²) in [6.45, 7) is 9.75. The lowest BCUT2D eigenvalue weighted by Gasteiger charge is -2.43. The topological polar surface area (TPSA) is 60.9 Å². The minimum absolute atomic E-state index is 0.0654. The number of nitrogens with zero attached hydrogens (tertiary/aromatic N) is 2. The summed E-state index contributed by atoms with van der Waals surface area (Å²) in [6, 6.07) is 0. The van der Waals surface area contributed by atoms with Crippen LogP contribution >= 0.6 is 0 Å². The van der Waals surface area contributed by atoms with Crippen molar-refractivity contribution in [2.75, 3.05) is 26.2 Å². The molecule has 1 heterocycles. The van der Waals surface area contributed by atoms with Crippen LogP contribution in [0.4, 0.5) is 0 Å². The Morgan fingerprint density at radius 2 is 1.48 bits per heavy atom. The average molecular weight is 296 g/mol. The minimum Gasteiger partial charge on any atom is -0.481 e. The lowest BCUT2D eigenvalue weighted by molar-refractivity contribution is -0.153. The normalized spacial score (nSPS) is 28.4. The summed E-state index contributed by atoms with van der Waals surface area (Å²) in [6.07, 6.45) is 3.28. The van der Waals surface area contributed by atoms with Gasteiger partial charge in [-0.1, -0.05) is 12.8 Å². The Morgan fingerprint density at radius 3 is 1.95 bits per heavy atom. The van der Waals surface area contributed by atoms with E-state index in [1.165, 1.54) is 0 Å². The fraction of sp³-hybridized carbons (Fsp3) is 0.875. The Kier molecular flexibility index (Phi) is 4.91. The smallest absolute Gasteiger partial charge is 0.307 e. The number of piperazine rings is 1. The predicted molar refractivity (Wildman–Crippen MR) is 81.0 cm³/mol. The molecule has 2 rings (SSSR count). The van der Waals surface area contributed by atoms with Gasteiger partial charge in [0.2, 0.25) is 5.91 Å². The zero-order valence-corrected chi connectivity index (χ0v) is 13.5. The van der Waals surface area contributed by atoms with Crippen molar-refractivity contribution >= 4 is 11.9 Å². The maximum atomic E-state index is 12.7. The molecule has 0 spiro atoms. The molecule has 0 aromatic rings. The summed E-state index contributed by atoms with van der Waals surface area (Å²) in [5.74, 6) is -1.53. The van der Waals surface area contributed by atoms with Crippen LogP contribution in [0, 0.1) is 11.8 Å². The highest BCUT2D eigenvalue weighted by atomic mass is 16.4. The van der Waals surface area contributed by atoms with E-state index in [4.69, 9.17) is 0 Å². The monoisotopic (exact) mass is 296 g/mol. The summed E-state index contributed by atoms with van der Waals surface area (Å²) >= 11 is 0. The van der Waals surface area contributed by atoms with E-state index in [9.17, 15) is 14.7 Å². The molecule has 21 heavy (non-hydrogen) atoms. The molecule has 2 fully saturated rings. The first-order valence-corrected chi connectivity index (χ1v) is 8.07. The van der Waals surface area contributed by atoms with Crippen molar-refractivity contribution in [3.8, 4) is 0 Å². The highest BCUT2D eigenvalue weighted by Crippen LogP contribution is 2.32. The zero-order chi connectivity index (χ0) is 15.6. The fourth-order valence-corrected chi connectivity index (χ4v) is 3.55. The molecule has 5 heteroatoms. The maximum absolute atomic E-state index is 12.7. The second kappa shape index (κ2) is 6.34. The minimum atomic E-state index is -0.804. The number of carboxylic acids is 1. The van der Waals surface area contributed by atoms with Crippen LogP contribution < -0.4 is 0 Å². The highest BCUT2D eigenvalue weighted by Gasteiger charge is 2.39. The lowest BCUT2D eigenvalue weighted by atomic mass is 9.78. The van der Waals surface area contributed by atoms with E-state index >= 15 is 0 Å². The van der Waals surface area contributed by atoms with Gasteiger partial charge in [-0.3, -0.25) is 14.5 Å². The van der Waals surface area contributed by atoms with Gasteiger partial charge in [-0.2, -0.15) is 0 Å². The van der Waals surface area contributed by atoms with Crippen LogP contribution in [0.15, 0.2) is 0 Å². The number of aliphatic carboxylic acids is 1. The zero-order valence-electron chi connectivity index (χ0n) is 13.5. The SMILES string of the molecule is CC(C)(C)N1CCN(C(=O)C2CCCCC2C(=O)O)CC1. The number of hydrogen-bond donors (Lipinski definition) is 1. The van der Waals surface area contributed by atoms with E-state index in [1.54, 1.807) is 0 Å². The van der Waals surface area contributed by atoms with E-state index < -0.39 is 11.9 Å². The molecule has 1 aliphatic heterocycles. The highest BCUT2D eigenvalue weighted by molar-refractivity contribution is 5.85. The molecule has 120 valence electrons. The molecule has 2 aliphatic rings. The van der Waals surface area contributed by atoms with Crippen molar-refractivity contribution in [3.05, 3.63) is 0 Å². The number of rotatable bonds is 2. The van der Waals surface area contributed by atoms with Gasteiger partial charge >= 0.3 is 5.97 Å². The van der Waals surface area contributed by atoms with Crippen molar-refractivity contribution < 1.29 is 14.7 Å². The Bertz CT molecular complexity index is 395. The van der Waals surface area contributed by atoms with Crippen LogP contribution in [-0.2, 0) is 9.59 Å². The molecule has 1 aliphatic carbocycles. The summed E-state index contributed by atoms with van der Waals surface area (Å²) in [4.78, 5) is 28.3. The molecular weight excluding hydrogens is 268 g/mol. The second-order valence-electron chi connectivity index (χ2n) is 7.32. The maximum Gasteiger partial charge on any atom is 0.307 e. The summed E-state index contributed by atoms with van der Waals surface area (Å²) < 4.78 is 0. The third-order valence-electron chi connectivity index (χ3n) is 4.94. The second-order valence-corrected chi connectivity index (χ2v) is 7.32. The molecule has 0 aromatic heterocycles. The molecule has 1 amide bonds. The molecule has 5 nitrogen and oxygen atoms in total. The molecule has 0 bridgehead atoms. The van der Waals surface area contributed by atoms with E-state index in [1.807, 2.05) is 4.90 Å². The number of hydrogen-bond acceptors (Lipinski definition) is 3. The Morgan fingerprint density at radius 1 is 0.952 bits per heavy atom. The van der Waals surface area contributed by atoms with E-state index in [2.05, 4.69) is 25.7 Å². The number of amides is 1. The van der Waals surface area contributed by atoms with Gasteiger partial charge in [-0.05, 0) is 33.6 Å². The molecule has 2 unspecified atom stereocenters. The Hall–Kier alpha value is -1.10. The molecule has 0 aromatic carbocycles. The summed E-state index contributed by atoms with van der Waals surface area (Å²) in [7, 11) is 0. The molecule has 1 saturated carbocycles. The van der Waals surface area contributed by atoms with Crippen molar-refractivity contribution in [1.82, 2.24) is 9.80 Å². The first-order chi connectivity index (χ1) is 9.80. The van der Waals surface area contributed by atoms with Gasteiger partial charge < -0.3 is 10.0 Å². The number of carbonyl (C=O) groups excluding carboxylic acids is 1. The molecular formula is C16H28N2O3. The molecule has 1 saturated heterocycles. The van der Waals surface area contributed by atoms with Gasteiger partial charge in [-0.25, -0.2) is 0 Å². The van der Waals surface area contributed by atoms with Crippen LogP contribution in [0.2, 0.25) is 0 Å². The van der Waals surface area contributed by atoms with Gasteiger partial charge in [0.1, 0.15) is 0 Å². The molecule has 1 N–H and O–H groups in total. The van der Waals surface area contributed by atoms with E-state index in [0.717, 1.165) is 45.4 Å². The van der Waals surface area contributed by atoms with Crippen LogP contribution in [-0.4, -0.2) is 58.5 Å². The van der Waals surface area contributed by atoms with E-state index in [0.29, 0.717) is 6.42 Å². The van der Waals surface area contributed by atoms with E-state index in [-0.39, 0.29) is 17.4 Å². The van der Waals surface area contributed by atoms with Gasteiger partial charge in [-0.15, -0.1) is 0 Å². The van der Waals surface area contributed by atoms with Gasteiger partial charge in [0.15, 0.2) is 0 Å². The largest absolute Gasteiger partial charge is 0.481 e. The van der Waals surface area contributed by atoms with Crippen LogP contribution in [0.3, 0.4) is 0 Å². The lowest BCUT2D eigenvalue weighted by Crippen LogP contribution is -2.56. The number of carbonyl (C=O) groups is 2. The summed E-state index contributed by atoms with van der Waals surface area (Å²) in [5.41, 5.74) is 0.129. The van der Waals surface area contributed by atoms with Gasteiger partial charge in [0.25, 0.3) is 0 Å². The Labute approximate surface area is 127 Å². The standard InChI is InChI=1S/C16H28N2O3/c1-16(2,3)18-10-8-17(9-11-18)14(19)12-6-4-5-7-13(12)15(20)21/h12-13H,4-11H2,1-3H3,(H,20,21). The van der Waals surface area contributed by atoms with Crippen LogP contribution in [0.1, 0.15) is 46.5 Å². The van der Waals surface area contributed by atoms with Gasteiger partial charge in [0.05, 0.1) is 11.8 Å². The fourth-order valence-electron chi connectivity index (χ4n) is 3.55. The molecule has 2 atom stereocenters. The predicted octanol–water partition coefficient (Wildman–Crippen LogP) is 1.82. The Balaban J connectivity index is 1.96. The third-order valence-corrected chi connectivity index (χ3v) is 4.94. The van der Waals surface area contributed by atoms with Crippen LogP contribution in [0.25, 0.3) is 0 Å². The van der Waals surface area contributed by atoms with Crippen molar-refractivity contribution in [3.63, 3.8) is 0 Å². The first kappa shape index (κ1) is 16.3. The third kappa shape index (κ3) is 3.76. The van der Waals surface area contributed by atoms with Crippen molar-refractivity contribution in [2.45, 2.75) is 52.0 Å². The summed E-state index contributed by atoms with van der Waals surface area (Å²) in [5, 5.41) is 9.33.